The highest BCUT2D eigenvalue weighted by Crippen LogP contribution is 2.55. The van der Waals surface area contributed by atoms with Crippen molar-refractivity contribution in [1.29, 1.82) is 0 Å². The normalized spacial score (nSPS) is 23.4. The van der Waals surface area contributed by atoms with Gasteiger partial charge in [0.15, 0.2) is 0 Å². The van der Waals surface area contributed by atoms with Crippen molar-refractivity contribution in [2.45, 2.75) is 66.7 Å². The smallest absolute Gasteiger partial charge is 0.204 e. The van der Waals surface area contributed by atoms with Gasteiger partial charge in [0, 0.05) is 5.41 Å². The fourth-order valence-corrected chi connectivity index (χ4v) is 4.38. The molecule has 0 spiro atoms. The molecule has 1 aliphatic rings. The number of rotatable bonds is 3. The molecular weight excluding hydrogens is 351 g/mol. The molecule has 0 amide bonds. The monoisotopic (exact) mass is 380 g/mol. The quantitative estimate of drug-likeness (QED) is 0.396. The Labute approximate surface area is 130 Å². The van der Waals surface area contributed by atoms with Crippen LogP contribution >= 0.6 is 22.6 Å². The zero-order chi connectivity index (χ0) is 14.0. The molecule has 3 heteroatoms. The lowest BCUT2D eigenvalue weighted by molar-refractivity contribution is 0.0485. The number of allylic oxidation sites excluding steroid dienone is 1. The van der Waals surface area contributed by atoms with Gasteiger partial charge in [-0.25, -0.2) is 0 Å². The first kappa shape index (κ1) is 16.5. The van der Waals surface area contributed by atoms with E-state index in [9.17, 15) is 0 Å². The maximum atomic E-state index is 5.65. The van der Waals surface area contributed by atoms with Gasteiger partial charge in [0.05, 0.1) is 0 Å². The van der Waals surface area contributed by atoms with Crippen molar-refractivity contribution in [2.24, 2.45) is 16.7 Å². The second-order valence-corrected chi connectivity index (χ2v) is 8.28. The molecule has 106 valence electrons. The summed E-state index contributed by atoms with van der Waals surface area (Å²) in [6.07, 6.45) is 7.00. The van der Waals surface area contributed by atoms with Crippen LogP contribution in [-0.4, -0.2) is 10.5 Å². The molecule has 0 bridgehead atoms. The summed E-state index contributed by atoms with van der Waals surface area (Å²) in [4.78, 5) is 0. The van der Waals surface area contributed by atoms with Gasteiger partial charge in [-0.2, -0.15) is 0 Å². The van der Waals surface area contributed by atoms with Crippen molar-refractivity contribution in [2.75, 3.05) is 0 Å². The van der Waals surface area contributed by atoms with Crippen molar-refractivity contribution in [3.63, 3.8) is 0 Å². The third kappa shape index (κ3) is 3.14. The second-order valence-electron chi connectivity index (χ2n) is 6.89. The Morgan fingerprint density at radius 1 is 1.11 bits per heavy atom. The van der Waals surface area contributed by atoms with Crippen LogP contribution in [0.2, 0.25) is 0 Å². The average molecular weight is 380 g/mol. The molecule has 1 saturated carbocycles. The fourth-order valence-electron chi connectivity index (χ4n) is 3.52. The van der Waals surface area contributed by atoms with Crippen LogP contribution in [0.5, 0.6) is 0 Å². The molecule has 1 fully saturated rings. The van der Waals surface area contributed by atoms with Crippen LogP contribution in [0.15, 0.2) is 9.34 Å². The minimum Gasteiger partial charge on any atom is -0.549 e. The molecule has 0 heterocycles. The Hall–Kier alpha value is 0.487. The minimum atomic E-state index is 0.258. The van der Waals surface area contributed by atoms with E-state index in [1.165, 1.54) is 37.7 Å². The summed E-state index contributed by atoms with van der Waals surface area (Å²) >= 11 is 2.38. The maximum absolute atomic E-state index is 5.65. The van der Waals surface area contributed by atoms with E-state index in [2.05, 4.69) is 57.2 Å². The van der Waals surface area contributed by atoms with Crippen LogP contribution in [0, 0.1) is 16.7 Å². The largest absolute Gasteiger partial charge is 0.549 e. The van der Waals surface area contributed by atoms with Gasteiger partial charge >= 0.3 is 0 Å². The van der Waals surface area contributed by atoms with E-state index in [-0.39, 0.29) is 10.8 Å². The Morgan fingerprint density at radius 3 is 2.00 bits per heavy atom. The van der Waals surface area contributed by atoms with Crippen LogP contribution < -0.4 is 0 Å². The van der Waals surface area contributed by atoms with E-state index in [4.69, 9.17) is 4.43 Å². The van der Waals surface area contributed by atoms with Gasteiger partial charge in [-0.3, -0.25) is 0 Å². The molecule has 0 aromatic carbocycles. The molecule has 1 rings (SSSR count). The van der Waals surface area contributed by atoms with Gasteiger partial charge in [0.2, 0.25) is 10.5 Å². The van der Waals surface area contributed by atoms with E-state index in [1.54, 1.807) is 0 Å². The third-order valence-electron chi connectivity index (χ3n) is 5.23. The molecule has 0 radical (unpaired) electrons. The van der Waals surface area contributed by atoms with Crippen LogP contribution in [0.3, 0.4) is 0 Å². The summed E-state index contributed by atoms with van der Waals surface area (Å²) in [5.41, 5.74) is 2.02. The standard InChI is InChI=1S/C15H29IOSi/c1-11(13(16)17-18)15(5,14(2,3)4)12-9-7-6-8-10-12/h12H,6-10H2,1-5,18H3. The van der Waals surface area contributed by atoms with Gasteiger partial charge in [0.25, 0.3) is 0 Å². The third-order valence-corrected chi connectivity index (χ3v) is 7.72. The lowest BCUT2D eigenvalue weighted by atomic mass is 9.55. The van der Waals surface area contributed by atoms with E-state index in [1.807, 2.05) is 0 Å². The van der Waals surface area contributed by atoms with Gasteiger partial charge in [-0.1, -0.05) is 47.0 Å². The number of halogens is 1. The fraction of sp³-hybridized carbons (Fsp3) is 0.867. The first-order valence-electron chi connectivity index (χ1n) is 7.16. The van der Waals surface area contributed by atoms with E-state index in [0.717, 1.165) is 20.2 Å². The molecular formula is C15H29IOSi. The van der Waals surface area contributed by atoms with E-state index >= 15 is 0 Å². The molecule has 0 N–H and O–H groups in total. The minimum absolute atomic E-state index is 0.258. The highest BCUT2D eigenvalue weighted by molar-refractivity contribution is 14.1. The van der Waals surface area contributed by atoms with Crippen LogP contribution in [0.1, 0.15) is 66.7 Å². The predicted octanol–water partition coefficient (Wildman–Crippen LogP) is 4.58. The molecule has 0 aliphatic heterocycles. The SMILES string of the molecule is CC(=C(I)O[SiH3])C(C)(C1CCCCC1)C(C)(C)C. The highest BCUT2D eigenvalue weighted by atomic mass is 127. The summed E-state index contributed by atoms with van der Waals surface area (Å²) < 4.78 is 6.79. The Morgan fingerprint density at radius 2 is 1.61 bits per heavy atom. The summed E-state index contributed by atoms with van der Waals surface area (Å²) in [5, 5.41) is 0. The van der Waals surface area contributed by atoms with Crippen molar-refractivity contribution in [3.8, 4) is 0 Å². The molecule has 0 aromatic rings. The van der Waals surface area contributed by atoms with Gasteiger partial charge in [-0.15, -0.1) is 0 Å². The Balaban J connectivity index is 3.18. The lowest BCUT2D eigenvalue weighted by Gasteiger charge is -2.50. The van der Waals surface area contributed by atoms with E-state index < -0.39 is 0 Å². The molecule has 0 aromatic heterocycles. The average Bonchev–Trinajstić information content (AvgIpc) is 2.35. The van der Waals surface area contributed by atoms with Crippen LogP contribution in [0.4, 0.5) is 0 Å². The molecule has 1 aliphatic carbocycles. The molecule has 1 unspecified atom stereocenters. The Bertz CT molecular complexity index is 313. The topological polar surface area (TPSA) is 9.23 Å². The summed E-state index contributed by atoms with van der Waals surface area (Å²) in [6.45, 7) is 11.9. The summed E-state index contributed by atoms with van der Waals surface area (Å²) in [5.74, 6) is 0.813. The van der Waals surface area contributed by atoms with Crippen LogP contribution in [-0.2, 0) is 4.43 Å². The second kappa shape index (κ2) is 6.29. The van der Waals surface area contributed by atoms with Gasteiger partial charge < -0.3 is 4.43 Å². The first-order valence-corrected chi connectivity index (χ1v) is 9.05. The van der Waals surface area contributed by atoms with Crippen molar-refractivity contribution < 1.29 is 4.43 Å². The Kier molecular flexibility index (Phi) is 5.78. The lowest BCUT2D eigenvalue weighted by Crippen LogP contribution is -2.42. The molecule has 1 nitrogen and oxygen atoms in total. The van der Waals surface area contributed by atoms with Gasteiger partial charge in [-0.05, 0) is 59.3 Å². The zero-order valence-electron chi connectivity index (χ0n) is 12.9. The first-order chi connectivity index (χ1) is 8.25. The molecule has 1 atom stereocenters. The summed E-state index contributed by atoms with van der Waals surface area (Å²) in [6, 6.07) is 0. The highest BCUT2D eigenvalue weighted by Gasteiger charge is 2.46. The van der Waals surface area contributed by atoms with Crippen molar-refractivity contribution in [1.82, 2.24) is 0 Å². The van der Waals surface area contributed by atoms with Crippen LogP contribution in [0.25, 0.3) is 0 Å². The van der Waals surface area contributed by atoms with Gasteiger partial charge in [0.1, 0.15) is 3.77 Å². The predicted molar refractivity (Wildman–Crippen MR) is 91.9 cm³/mol. The maximum Gasteiger partial charge on any atom is 0.204 e. The number of hydrogen-bond donors (Lipinski definition) is 0. The van der Waals surface area contributed by atoms with Crippen molar-refractivity contribution in [3.05, 3.63) is 9.34 Å². The summed E-state index contributed by atoms with van der Waals surface area (Å²) in [7, 11) is 0.790. The molecule has 0 saturated heterocycles. The van der Waals surface area contributed by atoms with E-state index in [0.29, 0.717) is 0 Å². The zero-order valence-corrected chi connectivity index (χ0v) is 17.1. The molecule has 18 heavy (non-hydrogen) atoms. The number of hydrogen-bond acceptors (Lipinski definition) is 1. The van der Waals surface area contributed by atoms with Crippen molar-refractivity contribution >= 4 is 33.1 Å².